The highest BCUT2D eigenvalue weighted by molar-refractivity contribution is 6.18. The molecule has 60 heavy (non-hydrogen) atoms. The van der Waals surface area contributed by atoms with Gasteiger partial charge in [-0.25, -0.2) is 0 Å². The van der Waals surface area contributed by atoms with E-state index in [0.717, 1.165) is 51.0 Å². The Labute approximate surface area is 348 Å². The van der Waals surface area contributed by atoms with Gasteiger partial charge in [0.15, 0.2) is 0 Å². The zero-order valence-electron chi connectivity index (χ0n) is 32.7. The maximum Gasteiger partial charge on any atom is 0.0703 e. The first kappa shape index (κ1) is 34.0. The molecule has 0 aliphatic carbocycles. The highest BCUT2D eigenvalue weighted by Gasteiger charge is 2.30. The molecular weight excluding hydrogens is 729 g/mol. The minimum absolute atomic E-state index is 1.10. The number of fused-ring (bicyclic) bond motifs is 7. The van der Waals surface area contributed by atoms with E-state index in [1.54, 1.807) is 0 Å². The molecule has 2 aromatic heterocycles. The minimum atomic E-state index is 1.10. The molecule has 0 radical (unpaired) electrons. The van der Waals surface area contributed by atoms with Crippen molar-refractivity contribution in [2.45, 2.75) is 0 Å². The lowest BCUT2D eigenvalue weighted by Gasteiger charge is -2.40. The molecule has 0 spiro atoms. The smallest absolute Gasteiger partial charge is 0.0703 e. The minimum Gasteiger partial charge on any atom is -0.316 e. The van der Waals surface area contributed by atoms with Crippen molar-refractivity contribution in [2.24, 2.45) is 0 Å². The van der Waals surface area contributed by atoms with Crippen LogP contribution in [-0.4, -0.2) is 9.13 Å². The summed E-state index contributed by atoms with van der Waals surface area (Å²) >= 11 is 0. The highest BCUT2D eigenvalue weighted by Crippen LogP contribution is 2.54. The van der Waals surface area contributed by atoms with Crippen molar-refractivity contribution in [2.75, 3.05) is 9.80 Å². The molecule has 4 nitrogen and oxygen atoms in total. The lowest BCUT2D eigenvalue weighted by atomic mass is 9.98. The summed E-state index contributed by atoms with van der Waals surface area (Å²) in [5.41, 5.74) is 17.3. The highest BCUT2D eigenvalue weighted by atomic mass is 15.3. The van der Waals surface area contributed by atoms with E-state index in [1.807, 2.05) is 0 Å². The number of benzene rings is 9. The quantitative estimate of drug-likeness (QED) is 0.168. The van der Waals surface area contributed by atoms with Gasteiger partial charge in [0.2, 0.25) is 0 Å². The van der Waals surface area contributed by atoms with Crippen molar-refractivity contribution in [3.63, 3.8) is 0 Å². The Morgan fingerprint density at radius 1 is 0.267 bits per heavy atom. The second-order valence-corrected chi connectivity index (χ2v) is 15.4. The molecule has 3 heterocycles. The van der Waals surface area contributed by atoms with Gasteiger partial charge in [0.1, 0.15) is 0 Å². The summed E-state index contributed by atoms with van der Waals surface area (Å²) in [5.74, 6) is 0. The third-order valence-corrected chi connectivity index (χ3v) is 12.0. The second kappa shape index (κ2) is 13.8. The molecular formula is C56H38N4. The number of para-hydroxylation sites is 6. The van der Waals surface area contributed by atoms with Crippen molar-refractivity contribution < 1.29 is 0 Å². The maximum absolute atomic E-state index is 2.47. The van der Waals surface area contributed by atoms with Gasteiger partial charge in [-0.2, -0.15) is 0 Å². The lowest BCUT2D eigenvalue weighted by Crippen LogP contribution is -2.23. The average Bonchev–Trinajstić information content (AvgIpc) is 3.91. The third-order valence-electron chi connectivity index (χ3n) is 12.0. The Balaban J connectivity index is 1.05. The summed E-state index contributed by atoms with van der Waals surface area (Å²) in [6.07, 6.45) is 2.24. The molecule has 0 atom stereocenters. The first-order valence-corrected chi connectivity index (χ1v) is 20.5. The van der Waals surface area contributed by atoms with Crippen molar-refractivity contribution >= 4 is 66.8 Å². The Morgan fingerprint density at radius 2 is 0.783 bits per heavy atom. The molecule has 1 aliphatic rings. The van der Waals surface area contributed by atoms with Crippen LogP contribution in [0.2, 0.25) is 0 Å². The van der Waals surface area contributed by atoms with E-state index in [0.29, 0.717) is 0 Å². The summed E-state index contributed by atoms with van der Waals surface area (Å²) in [7, 11) is 0. The van der Waals surface area contributed by atoms with Gasteiger partial charge in [-0.1, -0.05) is 133 Å². The van der Waals surface area contributed by atoms with Crippen LogP contribution in [0.5, 0.6) is 0 Å². The molecule has 11 aromatic rings. The average molecular weight is 767 g/mol. The van der Waals surface area contributed by atoms with Crippen molar-refractivity contribution in [3.8, 4) is 33.6 Å². The lowest BCUT2D eigenvalue weighted by molar-refractivity contribution is 1.13. The number of hydrogen-bond donors (Lipinski definition) is 0. The van der Waals surface area contributed by atoms with Crippen LogP contribution >= 0.6 is 0 Å². The molecule has 0 unspecified atom stereocenters. The molecule has 0 saturated heterocycles. The summed E-state index contributed by atoms with van der Waals surface area (Å²) in [6.45, 7) is 0. The van der Waals surface area contributed by atoms with Crippen LogP contribution in [0.25, 0.3) is 66.3 Å². The fourth-order valence-electron chi connectivity index (χ4n) is 9.36. The Hall–Kier alpha value is -8.08. The van der Waals surface area contributed by atoms with Crippen LogP contribution in [0.15, 0.2) is 231 Å². The third kappa shape index (κ3) is 5.39. The molecule has 12 rings (SSSR count). The molecule has 0 saturated carbocycles. The first-order chi connectivity index (χ1) is 29.8. The van der Waals surface area contributed by atoms with Gasteiger partial charge in [0, 0.05) is 45.1 Å². The second-order valence-electron chi connectivity index (χ2n) is 15.4. The first-order valence-electron chi connectivity index (χ1n) is 20.5. The molecule has 4 heteroatoms. The zero-order valence-corrected chi connectivity index (χ0v) is 32.7. The normalized spacial score (nSPS) is 12.3. The monoisotopic (exact) mass is 766 g/mol. The maximum atomic E-state index is 2.47. The van der Waals surface area contributed by atoms with Gasteiger partial charge in [-0.15, -0.1) is 0 Å². The molecule has 1 aliphatic heterocycles. The predicted molar refractivity (Wildman–Crippen MR) is 251 cm³/mol. The van der Waals surface area contributed by atoms with Gasteiger partial charge in [-0.05, 0) is 113 Å². The van der Waals surface area contributed by atoms with E-state index in [9.17, 15) is 0 Å². The van der Waals surface area contributed by atoms with Gasteiger partial charge >= 0.3 is 0 Å². The van der Waals surface area contributed by atoms with E-state index in [4.69, 9.17) is 0 Å². The standard InChI is InChI=1S/C56H38N4/c1-4-17-39(18-5-1)41-35-42(40-19-6-2-7-20-40)37-46(36-41)57-34-33-49-50(57)32-31-48-47-25-10-11-26-51(47)60(56(48)49)45-24-16-23-44(38-45)59-54-29-14-12-27-52(54)58(43-21-8-3-9-22-43)53-28-13-15-30-55(53)59/h1-38H. The predicted octanol–water partition coefficient (Wildman–Crippen LogP) is 15.3. The molecule has 0 bridgehead atoms. The Bertz CT molecular complexity index is 3280. The van der Waals surface area contributed by atoms with Gasteiger partial charge < -0.3 is 18.9 Å². The number of nitrogens with zero attached hydrogens (tertiary/aromatic N) is 4. The summed E-state index contributed by atoms with van der Waals surface area (Å²) < 4.78 is 4.82. The fraction of sp³-hybridized carbons (Fsp3) is 0. The van der Waals surface area contributed by atoms with Crippen molar-refractivity contribution in [1.82, 2.24) is 9.13 Å². The summed E-state index contributed by atoms with van der Waals surface area (Å²) in [4.78, 5) is 4.79. The van der Waals surface area contributed by atoms with Crippen LogP contribution in [0.1, 0.15) is 0 Å². The SMILES string of the molecule is c1ccc(-c2cc(-c3ccccc3)cc(-n3ccc4c3ccc3c5ccccc5n(-c5cccc(N6c7ccccc7N(c7ccccc7)c7ccccc76)c5)c34)c2)cc1. The van der Waals surface area contributed by atoms with Crippen LogP contribution in [0.3, 0.4) is 0 Å². The number of hydrogen-bond acceptors (Lipinski definition) is 2. The van der Waals surface area contributed by atoms with E-state index in [1.165, 1.54) is 49.4 Å². The van der Waals surface area contributed by atoms with E-state index < -0.39 is 0 Å². The van der Waals surface area contributed by atoms with Crippen LogP contribution < -0.4 is 9.80 Å². The zero-order chi connectivity index (χ0) is 39.6. The fourth-order valence-corrected chi connectivity index (χ4v) is 9.36. The van der Waals surface area contributed by atoms with Crippen LogP contribution in [-0.2, 0) is 0 Å². The van der Waals surface area contributed by atoms with Gasteiger partial charge in [0.05, 0.1) is 39.3 Å². The molecule has 9 aromatic carbocycles. The van der Waals surface area contributed by atoms with Crippen molar-refractivity contribution in [3.05, 3.63) is 231 Å². The molecule has 282 valence electrons. The number of aromatic nitrogens is 2. The Kier molecular flexibility index (Phi) is 7.82. The van der Waals surface area contributed by atoms with E-state index >= 15 is 0 Å². The van der Waals surface area contributed by atoms with Gasteiger partial charge in [-0.3, -0.25) is 0 Å². The van der Waals surface area contributed by atoms with E-state index in [2.05, 4.69) is 250 Å². The van der Waals surface area contributed by atoms with Crippen LogP contribution in [0, 0.1) is 0 Å². The topological polar surface area (TPSA) is 16.3 Å². The molecule has 0 amide bonds. The number of anilines is 6. The van der Waals surface area contributed by atoms with Gasteiger partial charge in [0.25, 0.3) is 0 Å². The summed E-state index contributed by atoms with van der Waals surface area (Å²) in [6, 6.07) is 81.2. The van der Waals surface area contributed by atoms with Crippen molar-refractivity contribution in [1.29, 1.82) is 0 Å². The molecule has 0 N–H and O–H groups in total. The van der Waals surface area contributed by atoms with E-state index in [-0.39, 0.29) is 0 Å². The summed E-state index contributed by atoms with van der Waals surface area (Å²) in [5, 5.41) is 3.67. The molecule has 0 fully saturated rings. The Morgan fingerprint density at radius 3 is 1.42 bits per heavy atom. The number of rotatable bonds is 6. The van der Waals surface area contributed by atoms with Crippen LogP contribution in [0.4, 0.5) is 34.1 Å². The largest absolute Gasteiger partial charge is 0.316 e.